The highest BCUT2D eigenvalue weighted by Crippen LogP contribution is 2.27. The summed E-state index contributed by atoms with van der Waals surface area (Å²) >= 11 is 0. The van der Waals surface area contributed by atoms with Gasteiger partial charge in [0.25, 0.3) is 0 Å². The number of benzene rings is 2. The van der Waals surface area contributed by atoms with Crippen molar-refractivity contribution in [3.8, 4) is 11.1 Å². The van der Waals surface area contributed by atoms with E-state index in [1.807, 2.05) is 54.6 Å². The van der Waals surface area contributed by atoms with E-state index >= 15 is 0 Å². The van der Waals surface area contributed by atoms with Gasteiger partial charge in [0, 0.05) is 11.3 Å². The molecule has 0 saturated carbocycles. The number of carbonyl (C=O) groups excluding carboxylic acids is 1. The highest BCUT2D eigenvalue weighted by atomic mass is 16.5. The first-order valence-electron chi connectivity index (χ1n) is 6.21. The molecule has 0 aliphatic heterocycles. The number of hydrogen-bond acceptors (Lipinski definition) is 3. The molecule has 0 heterocycles. The Kier molecular flexibility index (Phi) is 4.18. The number of ether oxygens (including phenoxy) is 1. The minimum atomic E-state index is -0.380. The first-order valence-corrected chi connectivity index (χ1v) is 6.21. The normalized spacial score (nSPS) is 11.7. The molecule has 0 aliphatic rings. The molecule has 0 spiro atoms. The van der Waals surface area contributed by atoms with Crippen molar-refractivity contribution < 1.29 is 9.53 Å². The maximum atomic E-state index is 11.5. The molecule has 2 aromatic rings. The third kappa shape index (κ3) is 3.13. The van der Waals surface area contributed by atoms with Crippen molar-refractivity contribution in [3.05, 3.63) is 54.6 Å². The van der Waals surface area contributed by atoms with Gasteiger partial charge in [0.05, 0.1) is 7.11 Å². The second-order valence-electron chi connectivity index (χ2n) is 4.30. The lowest BCUT2D eigenvalue weighted by Crippen LogP contribution is -2.27. The molecular formula is C16H17NO2. The van der Waals surface area contributed by atoms with E-state index in [-0.39, 0.29) is 12.0 Å². The van der Waals surface area contributed by atoms with Crippen LogP contribution < -0.4 is 5.32 Å². The molecule has 3 heteroatoms. The van der Waals surface area contributed by atoms with Gasteiger partial charge >= 0.3 is 5.97 Å². The zero-order valence-corrected chi connectivity index (χ0v) is 11.1. The van der Waals surface area contributed by atoms with E-state index in [0.717, 1.165) is 16.8 Å². The molecule has 0 radical (unpaired) electrons. The number of para-hydroxylation sites is 1. The Labute approximate surface area is 113 Å². The van der Waals surface area contributed by atoms with Crippen molar-refractivity contribution in [2.24, 2.45) is 0 Å². The fraction of sp³-hybridized carbons (Fsp3) is 0.188. The molecular weight excluding hydrogens is 238 g/mol. The van der Waals surface area contributed by atoms with Crippen molar-refractivity contribution in [3.63, 3.8) is 0 Å². The van der Waals surface area contributed by atoms with E-state index < -0.39 is 0 Å². The summed E-state index contributed by atoms with van der Waals surface area (Å²) in [4.78, 5) is 11.5. The molecule has 0 unspecified atom stereocenters. The zero-order chi connectivity index (χ0) is 13.7. The van der Waals surface area contributed by atoms with Crippen LogP contribution in [0, 0.1) is 0 Å². The molecule has 0 saturated heterocycles. The van der Waals surface area contributed by atoms with Gasteiger partial charge in [-0.15, -0.1) is 0 Å². The standard InChI is InChI=1S/C16H17NO2/c1-12(16(18)19-2)17-15-11-7-6-10-14(15)13-8-4-3-5-9-13/h3-12,17H,1-2H3/t12-/m0/s1. The summed E-state index contributed by atoms with van der Waals surface area (Å²) in [7, 11) is 1.39. The predicted octanol–water partition coefficient (Wildman–Crippen LogP) is 3.33. The summed E-state index contributed by atoms with van der Waals surface area (Å²) in [5, 5.41) is 3.19. The third-order valence-corrected chi connectivity index (χ3v) is 2.94. The quantitative estimate of drug-likeness (QED) is 0.852. The molecule has 0 aliphatic carbocycles. The van der Waals surface area contributed by atoms with Crippen LogP contribution in [0.15, 0.2) is 54.6 Å². The van der Waals surface area contributed by atoms with E-state index in [1.54, 1.807) is 6.92 Å². The number of carbonyl (C=O) groups is 1. The van der Waals surface area contributed by atoms with Gasteiger partial charge in [0.2, 0.25) is 0 Å². The van der Waals surface area contributed by atoms with Crippen LogP contribution in [0.2, 0.25) is 0 Å². The average Bonchev–Trinajstić information content (AvgIpc) is 2.47. The van der Waals surface area contributed by atoms with Crippen LogP contribution in [-0.4, -0.2) is 19.1 Å². The summed E-state index contributed by atoms with van der Waals surface area (Å²) in [5.74, 6) is -0.275. The lowest BCUT2D eigenvalue weighted by molar-refractivity contribution is -0.141. The number of nitrogens with one attached hydrogen (secondary N) is 1. The number of anilines is 1. The number of rotatable bonds is 4. The van der Waals surface area contributed by atoms with E-state index in [1.165, 1.54) is 7.11 Å². The van der Waals surface area contributed by atoms with Crippen LogP contribution in [0.25, 0.3) is 11.1 Å². The van der Waals surface area contributed by atoms with Crippen LogP contribution in [0.1, 0.15) is 6.92 Å². The molecule has 0 amide bonds. The highest BCUT2D eigenvalue weighted by Gasteiger charge is 2.14. The summed E-state index contributed by atoms with van der Waals surface area (Å²) in [6.07, 6.45) is 0. The van der Waals surface area contributed by atoms with Gasteiger partial charge in [-0.05, 0) is 18.6 Å². The van der Waals surface area contributed by atoms with Gasteiger partial charge in [-0.1, -0.05) is 48.5 Å². The summed E-state index contributed by atoms with van der Waals surface area (Å²) in [5.41, 5.74) is 3.10. The predicted molar refractivity (Wildman–Crippen MR) is 77.0 cm³/mol. The minimum Gasteiger partial charge on any atom is -0.467 e. The van der Waals surface area contributed by atoms with Crippen molar-refractivity contribution in [2.45, 2.75) is 13.0 Å². The Hall–Kier alpha value is -2.29. The van der Waals surface area contributed by atoms with Gasteiger partial charge in [-0.3, -0.25) is 0 Å². The number of methoxy groups -OCH3 is 1. The SMILES string of the molecule is COC(=O)[C@H](C)Nc1ccccc1-c1ccccc1. The van der Waals surface area contributed by atoms with Gasteiger partial charge in [-0.2, -0.15) is 0 Å². The van der Waals surface area contributed by atoms with Crippen LogP contribution >= 0.6 is 0 Å². The average molecular weight is 255 g/mol. The van der Waals surface area contributed by atoms with Gasteiger partial charge < -0.3 is 10.1 Å². The lowest BCUT2D eigenvalue weighted by atomic mass is 10.0. The molecule has 0 aromatic heterocycles. The first-order chi connectivity index (χ1) is 9.22. The van der Waals surface area contributed by atoms with Crippen LogP contribution in [-0.2, 0) is 9.53 Å². The van der Waals surface area contributed by atoms with Gasteiger partial charge in [0.15, 0.2) is 0 Å². The smallest absolute Gasteiger partial charge is 0.327 e. The molecule has 3 nitrogen and oxygen atoms in total. The Morgan fingerprint density at radius 1 is 1.05 bits per heavy atom. The largest absolute Gasteiger partial charge is 0.467 e. The number of esters is 1. The molecule has 0 fully saturated rings. The first kappa shape index (κ1) is 13.1. The fourth-order valence-corrected chi connectivity index (χ4v) is 1.95. The van der Waals surface area contributed by atoms with Crippen molar-refractivity contribution >= 4 is 11.7 Å². The Morgan fingerprint density at radius 3 is 2.37 bits per heavy atom. The summed E-state index contributed by atoms with van der Waals surface area (Å²) in [6.45, 7) is 1.79. The minimum absolute atomic E-state index is 0.275. The molecule has 98 valence electrons. The van der Waals surface area contributed by atoms with E-state index in [4.69, 9.17) is 4.74 Å². The summed E-state index contributed by atoms with van der Waals surface area (Å²) < 4.78 is 4.73. The monoisotopic (exact) mass is 255 g/mol. The summed E-state index contributed by atoms with van der Waals surface area (Å²) in [6, 6.07) is 17.6. The molecule has 0 bridgehead atoms. The van der Waals surface area contributed by atoms with Gasteiger partial charge in [-0.25, -0.2) is 4.79 Å². The van der Waals surface area contributed by atoms with Crippen molar-refractivity contribution in [2.75, 3.05) is 12.4 Å². The molecule has 19 heavy (non-hydrogen) atoms. The molecule has 2 rings (SSSR count). The lowest BCUT2D eigenvalue weighted by Gasteiger charge is -2.16. The maximum absolute atomic E-state index is 11.5. The molecule has 2 aromatic carbocycles. The second kappa shape index (κ2) is 6.05. The fourth-order valence-electron chi connectivity index (χ4n) is 1.95. The topological polar surface area (TPSA) is 38.3 Å². The van der Waals surface area contributed by atoms with Crippen LogP contribution in [0.4, 0.5) is 5.69 Å². The number of hydrogen-bond donors (Lipinski definition) is 1. The van der Waals surface area contributed by atoms with Crippen molar-refractivity contribution in [1.29, 1.82) is 0 Å². The van der Waals surface area contributed by atoms with E-state index in [9.17, 15) is 4.79 Å². The Morgan fingerprint density at radius 2 is 1.68 bits per heavy atom. The Balaban J connectivity index is 2.30. The highest BCUT2D eigenvalue weighted by molar-refractivity contribution is 5.83. The van der Waals surface area contributed by atoms with Crippen LogP contribution in [0.5, 0.6) is 0 Å². The molecule has 1 N–H and O–H groups in total. The van der Waals surface area contributed by atoms with E-state index in [0.29, 0.717) is 0 Å². The Bertz CT molecular complexity index is 552. The second-order valence-corrected chi connectivity index (χ2v) is 4.30. The maximum Gasteiger partial charge on any atom is 0.327 e. The third-order valence-electron chi connectivity index (χ3n) is 2.94. The van der Waals surface area contributed by atoms with Gasteiger partial charge in [0.1, 0.15) is 6.04 Å². The van der Waals surface area contributed by atoms with Crippen LogP contribution in [0.3, 0.4) is 0 Å². The molecule has 1 atom stereocenters. The zero-order valence-electron chi connectivity index (χ0n) is 11.1. The van der Waals surface area contributed by atoms with Crippen molar-refractivity contribution in [1.82, 2.24) is 0 Å². The van der Waals surface area contributed by atoms with E-state index in [2.05, 4.69) is 5.32 Å².